The molecular weight excluding hydrogens is 336 g/mol. The first-order valence-electron chi connectivity index (χ1n) is 9.14. The summed E-state index contributed by atoms with van der Waals surface area (Å²) >= 11 is 0. The topological polar surface area (TPSA) is 66.5 Å². The molecule has 6 heteroatoms. The standard InChI is InChI=1S/C19H30N2O3S/c1-5-13-25(23,24)21-11-9-16(10-12-21)19(22)20-18-15(4)7-6-8-17(18)14(2)3/h6-8,14,16H,5,9-13H2,1-4H3,(H,20,22). The van der Waals surface area contributed by atoms with Crippen molar-refractivity contribution in [2.45, 2.75) is 52.9 Å². The van der Waals surface area contributed by atoms with Crippen LogP contribution in [0, 0.1) is 12.8 Å². The van der Waals surface area contributed by atoms with Crippen LogP contribution >= 0.6 is 0 Å². The molecule has 1 aromatic carbocycles. The number of aryl methyl sites for hydroxylation is 1. The molecule has 1 N–H and O–H groups in total. The van der Waals surface area contributed by atoms with Gasteiger partial charge in [0.05, 0.1) is 5.75 Å². The quantitative estimate of drug-likeness (QED) is 0.838. The van der Waals surface area contributed by atoms with Crippen molar-refractivity contribution >= 4 is 21.6 Å². The van der Waals surface area contributed by atoms with Crippen molar-refractivity contribution in [1.29, 1.82) is 0 Å². The predicted octanol–water partition coefficient (Wildman–Crippen LogP) is 3.51. The van der Waals surface area contributed by atoms with Gasteiger partial charge in [-0.15, -0.1) is 0 Å². The molecule has 1 aliphatic rings. The lowest BCUT2D eigenvalue weighted by atomic mass is 9.95. The van der Waals surface area contributed by atoms with Gasteiger partial charge in [-0.25, -0.2) is 12.7 Å². The van der Waals surface area contributed by atoms with E-state index in [0.29, 0.717) is 38.3 Å². The minimum Gasteiger partial charge on any atom is -0.325 e. The smallest absolute Gasteiger partial charge is 0.227 e. The first-order valence-corrected chi connectivity index (χ1v) is 10.7. The Morgan fingerprint density at radius 2 is 1.92 bits per heavy atom. The van der Waals surface area contributed by atoms with E-state index < -0.39 is 10.0 Å². The highest BCUT2D eigenvalue weighted by Gasteiger charge is 2.31. The van der Waals surface area contributed by atoms with Crippen molar-refractivity contribution in [3.8, 4) is 0 Å². The van der Waals surface area contributed by atoms with E-state index in [1.54, 1.807) is 0 Å². The van der Waals surface area contributed by atoms with E-state index in [1.807, 2.05) is 32.0 Å². The molecule has 2 rings (SSSR count). The van der Waals surface area contributed by atoms with E-state index in [2.05, 4.69) is 19.2 Å². The second-order valence-electron chi connectivity index (χ2n) is 7.17. The fourth-order valence-electron chi connectivity index (χ4n) is 3.35. The van der Waals surface area contributed by atoms with Crippen molar-refractivity contribution in [3.05, 3.63) is 29.3 Å². The van der Waals surface area contributed by atoms with Crippen LogP contribution in [0.3, 0.4) is 0 Å². The van der Waals surface area contributed by atoms with Gasteiger partial charge in [0.15, 0.2) is 0 Å². The van der Waals surface area contributed by atoms with Crippen LogP contribution in [0.4, 0.5) is 5.69 Å². The number of carbonyl (C=O) groups excluding carboxylic acids is 1. The Morgan fingerprint density at radius 3 is 2.48 bits per heavy atom. The van der Waals surface area contributed by atoms with E-state index in [9.17, 15) is 13.2 Å². The normalized spacial score (nSPS) is 17.0. The van der Waals surface area contributed by atoms with Crippen LogP contribution in [0.2, 0.25) is 0 Å². The molecule has 1 aliphatic heterocycles. The number of hydrogen-bond acceptors (Lipinski definition) is 3. The Kier molecular flexibility index (Phi) is 6.63. The van der Waals surface area contributed by atoms with Crippen LogP contribution in [-0.4, -0.2) is 37.5 Å². The van der Waals surface area contributed by atoms with Crippen molar-refractivity contribution in [2.75, 3.05) is 24.2 Å². The van der Waals surface area contributed by atoms with Crippen molar-refractivity contribution in [3.63, 3.8) is 0 Å². The molecule has 1 saturated heterocycles. The molecule has 140 valence electrons. The Labute approximate surface area is 151 Å². The summed E-state index contributed by atoms with van der Waals surface area (Å²) in [6.07, 6.45) is 1.78. The molecule has 0 spiro atoms. The zero-order chi connectivity index (χ0) is 18.6. The van der Waals surface area contributed by atoms with Gasteiger partial charge in [0.25, 0.3) is 0 Å². The van der Waals surface area contributed by atoms with E-state index in [-0.39, 0.29) is 17.6 Å². The molecule has 1 amide bonds. The summed E-state index contributed by atoms with van der Waals surface area (Å²) in [4.78, 5) is 12.7. The van der Waals surface area contributed by atoms with Gasteiger partial charge >= 0.3 is 0 Å². The van der Waals surface area contributed by atoms with Gasteiger partial charge in [-0.2, -0.15) is 0 Å². The molecule has 0 bridgehead atoms. The second kappa shape index (κ2) is 8.32. The molecule has 1 heterocycles. The molecule has 25 heavy (non-hydrogen) atoms. The van der Waals surface area contributed by atoms with Crippen LogP contribution in [0.5, 0.6) is 0 Å². The number of piperidine rings is 1. The third kappa shape index (κ3) is 4.82. The van der Waals surface area contributed by atoms with Crippen molar-refractivity contribution < 1.29 is 13.2 Å². The van der Waals surface area contributed by atoms with E-state index in [4.69, 9.17) is 0 Å². The molecule has 1 fully saturated rings. The van der Waals surface area contributed by atoms with Crippen molar-refractivity contribution in [1.82, 2.24) is 4.31 Å². The summed E-state index contributed by atoms with van der Waals surface area (Å²) in [5.41, 5.74) is 3.10. The van der Waals surface area contributed by atoms with Gasteiger partial charge in [0.1, 0.15) is 0 Å². The van der Waals surface area contributed by atoms with E-state index in [1.165, 1.54) is 4.31 Å². The fraction of sp³-hybridized carbons (Fsp3) is 0.632. The minimum absolute atomic E-state index is 0.00346. The molecule has 5 nitrogen and oxygen atoms in total. The van der Waals surface area contributed by atoms with Gasteiger partial charge in [-0.3, -0.25) is 4.79 Å². The van der Waals surface area contributed by atoms with Gasteiger partial charge < -0.3 is 5.32 Å². The maximum atomic E-state index is 12.7. The average Bonchev–Trinajstić information content (AvgIpc) is 2.56. The molecule has 0 atom stereocenters. The predicted molar refractivity (Wildman–Crippen MR) is 102 cm³/mol. The highest BCUT2D eigenvalue weighted by molar-refractivity contribution is 7.89. The molecule has 1 aromatic rings. The number of anilines is 1. The first kappa shape index (κ1) is 19.9. The van der Waals surface area contributed by atoms with Crippen molar-refractivity contribution in [2.24, 2.45) is 5.92 Å². The van der Waals surface area contributed by atoms with Gasteiger partial charge in [-0.05, 0) is 43.2 Å². The summed E-state index contributed by atoms with van der Waals surface area (Å²) in [7, 11) is -3.16. The molecule has 0 aliphatic carbocycles. The maximum Gasteiger partial charge on any atom is 0.227 e. The molecule has 0 saturated carbocycles. The zero-order valence-electron chi connectivity index (χ0n) is 15.7. The third-order valence-corrected chi connectivity index (χ3v) is 6.93. The lowest BCUT2D eigenvalue weighted by molar-refractivity contribution is -0.120. The summed E-state index contributed by atoms with van der Waals surface area (Å²) in [5.74, 6) is 0.387. The first-order chi connectivity index (χ1) is 11.8. The number of sulfonamides is 1. The summed E-state index contributed by atoms with van der Waals surface area (Å²) in [6.45, 7) is 8.97. The molecule has 0 radical (unpaired) electrons. The number of para-hydroxylation sites is 1. The highest BCUT2D eigenvalue weighted by atomic mass is 32.2. The van der Waals surface area contributed by atoms with Crippen LogP contribution < -0.4 is 5.32 Å². The second-order valence-corrected chi connectivity index (χ2v) is 9.26. The number of hydrogen-bond donors (Lipinski definition) is 1. The van der Waals surface area contributed by atoms with E-state index >= 15 is 0 Å². The van der Waals surface area contributed by atoms with E-state index in [0.717, 1.165) is 16.8 Å². The summed E-state index contributed by atoms with van der Waals surface area (Å²) in [6, 6.07) is 6.06. The molecular formula is C19H30N2O3S. The number of nitrogens with zero attached hydrogens (tertiary/aromatic N) is 1. The van der Waals surface area contributed by atoms with Crippen LogP contribution in [0.15, 0.2) is 18.2 Å². The third-order valence-electron chi connectivity index (χ3n) is 4.86. The van der Waals surface area contributed by atoms with Crippen LogP contribution in [0.1, 0.15) is 57.1 Å². The Bertz CT molecular complexity index is 705. The number of benzene rings is 1. The molecule has 0 aromatic heterocycles. The Balaban J connectivity index is 2.03. The monoisotopic (exact) mass is 366 g/mol. The number of amides is 1. The summed E-state index contributed by atoms with van der Waals surface area (Å²) < 4.78 is 25.8. The van der Waals surface area contributed by atoms with Crippen LogP contribution in [0.25, 0.3) is 0 Å². The van der Waals surface area contributed by atoms with Gasteiger partial charge in [0, 0.05) is 24.7 Å². The fourth-order valence-corrected chi connectivity index (χ4v) is 4.89. The number of carbonyl (C=O) groups is 1. The minimum atomic E-state index is -3.16. The lowest BCUT2D eigenvalue weighted by Gasteiger charge is -2.31. The largest absolute Gasteiger partial charge is 0.325 e. The van der Waals surface area contributed by atoms with Crippen LogP contribution in [-0.2, 0) is 14.8 Å². The van der Waals surface area contributed by atoms with Gasteiger partial charge in [0.2, 0.25) is 15.9 Å². The lowest BCUT2D eigenvalue weighted by Crippen LogP contribution is -2.42. The Hall–Kier alpha value is -1.40. The maximum absolute atomic E-state index is 12.7. The summed E-state index contributed by atoms with van der Waals surface area (Å²) in [5, 5.41) is 3.10. The SMILES string of the molecule is CCCS(=O)(=O)N1CCC(C(=O)Nc2c(C)cccc2C(C)C)CC1. The zero-order valence-corrected chi connectivity index (χ0v) is 16.5. The van der Waals surface area contributed by atoms with Gasteiger partial charge in [-0.1, -0.05) is 39.0 Å². The number of nitrogens with one attached hydrogen (secondary N) is 1. The average molecular weight is 367 g/mol. The number of rotatable bonds is 6. The highest BCUT2D eigenvalue weighted by Crippen LogP contribution is 2.29. The Morgan fingerprint density at radius 1 is 1.28 bits per heavy atom. The molecule has 0 unspecified atom stereocenters.